The van der Waals surface area contributed by atoms with Crippen molar-refractivity contribution in [1.29, 1.82) is 0 Å². The summed E-state index contributed by atoms with van der Waals surface area (Å²) in [4.78, 5) is 30.3. The van der Waals surface area contributed by atoms with Crippen LogP contribution in [0.5, 0.6) is 0 Å². The third kappa shape index (κ3) is 9.79. The van der Waals surface area contributed by atoms with Gasteiger partial charge in [0.25, 0.3) is 0 Å². The molecule has 1 unspecified atom stereocenters. The van der Waals surface area contributed by atoms with Crippen molar-refractivity contribution in [2.75, 3.05) is 6.54 Å². The van der Waals surface area contributed by atoms with Crippen LogP contribution in [-0.4, -0.2) is 28.5 Å². The van der Waals surface area contributed by atoms with Crippen molar-refractivity contribution < 1.29 is 23.7 Å². The maximum absolute atomic E-state index is 10.5. The summed E-state index contributed by atoms with van der Waals surface area (Å²) in [7, 11) is -4.39. The van der Waals surface area contributed by atoms with Gasteiger partial charge in [0.1, 0.15) is 0 Å². The molecule has 0 radical (unpaired) electrons. The molecule has 0 aliphatic rings. The standard InChI is InChI=1S/C8H16NO5P/c1-2-8(14-15(11,12)13)5-3-4-6-9-7-10/h8H,2-6H2,1H3,(H2,11,12,13). The molecule has 0 bridgehead atoms. The third-order valence-corrected chi connectivity index (χ3v) is 2.43. The molecule has 0 rings (SSSR count). The Morgan fingerprint density at radius 3 is 2.60 bits per heavy atom. The molecule has 7 heteroatoms. The van der Waals surface area contributed by atoms with Gasteiger partial charge in [-0.15, -0.1) is 0 Å². The van der Waals surface area contributed by atoms with E-state index in [-0.39, 0.29) is 0 Å². The topological polar surface area (TPSA) is 96.2 Å². The van der Waals surface area contributed by atoms with Gasteiger partial charge in [-0.1, -0.05) is 6.92 Å². The quantitative estimate of drug-likeness (QED) is 0.288. The fraction of sp³-hybridized carbons (Fsp3) is 0.875. The smallest absolute Gasteiger partial charge is 0.303 e. The largest absolute Gasteiger partial charge is 0.469 e. The van der Waals surface area contributed by atoms with E-state index in [0.29, 0.717) is 32.2 Å². The van der Waals surface area contributed by atoms with Crippen LogP contribution < -0.4 is 0 Å². The molecule has 0 aromatic rings. The van der Waals surface area contributed by atoms with Gasteiger partial charge in [0.2, 0.25) is 6.08 Å². The SMILES string of the molecule is CCC(CCCCN=C=O)OP(=O)(O)O. The second-order valence-electron chi connectivity index (χ2n) is 3.10. The minimum Gasteiger partial charge on any atom is -0.303 e. The van der Waals surface area contributed by atoms with Crippen molar-refractivity contribution in [2.24, 2.45) is 4.99 Å². The summed E-state index contributed by atoms with van der Waals surface area (Å²) in [5.41, 5.74) is 0. The van der Waals surface area contributed by atoms with Gasteiger partial charge in [-0.05, 0) is 25.7 Å². The predicted octanol–water partition coefficient (Wildman–Crippen LogP) is 1.38. The zero-order valence-corrected chi connectivity index (χ0v) is 9.52. The number of aliphatic imine (C=N–C) groups is 1. The minimum atomic E-state index is -4.39. The summed E-state index contributed by atoms with van der Waals surface area (Å²) in [5, 5.41) is 0. The Kier molecular flexibility index (Phi) is 7.48. The fourth-order valence-electron chi connectivity index (χ4n) is 1.13. The molecule has 0 heterocycles. The van der Waals surface area contributed by atoms with E-state index in [4.69, 9.17) is 9.79 Å². The number of isocyanates is 1. The number of carbonyl (C=O) groups excluding carboxylic acids is 1. The average molecular weight is 237 g/mol. The van der Waals surface area contributed by atoms with E-state index >= 15 is 0 Å². The highest BCUT2D eigenvalue weighted by Crippen LogP contribution is 2.39. The van der Waals surface area contributed by atoms with Crippen LogP contribution in [0.3, 0.4) is 0 Å². The Labute approximate surface area is 88.6 Å². The minimum absolute atomic E-state index is 0.399. The highest BCUT2D eigenvalue weighted by molar-refractivity contribution is 7.46. The third-order valence-electron chi connectivity index (χ3n) is 1.85. The van der Waals surface area contributed by atoms with Crippen molar-refractivity contribution in [3.8, 4) is 0 Å². The Hall–Kier alpha value is -0.510. The van der Waals surface area contributed by atoms with Crippen molar-refractivity contribution in [3.63, 3.8) is 0 Å². The number of hydrogen-bond acceptors (Lipinski definition) is 4. The van der Waals surface area contributed by atoms with Gasteiger partial charge in [-0.2, -0.15) is 0 Å². The normalized spacial score (nSPS) is 13.3. The van der Waals surface area contributed by atoms with E-state index in [1.54, 1.807) is 6.92 Å². The molecule has 6 nitrogen and oxygen atoms in total. The van der Waals surface area contributed by atoms with Crippen LogP contribution in [0.25, 0.3) is 0 Å². The maximum atomic E-state index is 10.5. The first kappa shape index (κ1) is 14.5. The molecule has 15 heavy (non-hydrogen) atoms. The molecule has 0 amide bonds. The first-order valence-corrected chi connectivity index (χ1v) is 6.30. The van der Waals surface area contributed by atoms with Crippen LogP contribution in [-0.2, 0) is 13.9 Å². The number of unbranched alkanes of at least 4 members (excludes halogenated alkanes) is 1. The van der Waals surface area contributed by atoms with Gasteiger partial charge in [-0.25, -0.2) is 14.4 Å². The lowest BCUT2D eigenvalue weighted by Gasteiger charge is -2.15. The molecular formula is C8H16NO5P. The Balaban J connectivity index is 3.71. The van der Waals surface area contributed by atoms with Crippen molar-refractivity contribution in [3.05, 3.63) is 0 Å². The first-order valence-electron chi connectivity index (χ1n) is 4.77. The lowest BCUT2D eigenvalue weighted by Crippen LogP contribution is -2.10. The zero-order valence-electron chi connectivity index (χ0n) is 8.63. The van der Waals surface area contributed by atoms with Crippen molar-refractivity contribution >= 4 is 13.9 Å². The maximum Gasteiger partial charge on any atom is 0.469 e. The Morgan fingerprint density at radius 2 is 2.13 bits per heavy atom. The molecule has 1 atom stereocenters. The molecule has 0 aromatic carbocycles. The van der Waals surface area contributed by atoms with Crippen LogP contribution in [0.2, 0.25) is 0 Å². The number of nitrogens with zero attached hydrogens (tertiary/aromatic N) is 1. The molecule has 0 saturated heterocycles. The summed E-state index contributed by atoms with van der Waals surface area (Å²) in [5.74, 6) is 0. The van der Waals surface area contributed by atoms with E-state index in [2.05, 4.69) is 9.52 Å². The highest BCUT2D eigenvalue weighted by atomic mass is 31.2. The number of phosphoric ester groups is 1. The molecule has 0 aromatic heterocycles. The van der Waals surface area contributed by atoms with Gasteiger partial charge in [0.05, 0.1) is 12.6 Å². The summed E-state index contributed by atoms with van der Waals surface area (Å²) in [6.45, 7) is 2.19. The van der Waals surface area contributed by atoms with Crippen LogP contribution in [0.4, 0.5) is 0 Å². The molecule has 0 aliphatic heterocycles. The monoisotopic (exact) mass is 237 g/mol. The summed E-state index contributed by atoms with van der Waals surface area (Å²) < 4.78 is 15.1. The number of phosphoric acid groups is 1. The molecule has 0 fully saturated rings. The van der Waals surface area contributed by atoms with E-state index in [1.165, 1.54) is 6.08 Å². The molecule has 0 spiro atoms. The van der Waals surface area contributed by atoms with Gasteiger partial charge in [0.15, 0.2) is 0 Å². The van der Waals surface area contributed by atoms with Crippen LogP contribution in [0, 0.1) is 0 Å². The molecular weight excluding hydrogens is 221 g/mol. The summed E-state index contributed by atoms with van der Waals surface area (Å²) in [6, 6.07) is 0. The lowest BCUT2D eigenvalue weighted by molar-refractivity contribution is 0.121. The molecule has 2 N–H and O–H groups in total. The summed E-state index contributed by atoms with van der Waals surface area (Å²) in [6.07, 6.45) is 3.49. The van der Waals surface area contributed by atoms with Gasteiger partial charge in [0, 0.05) is 0 Å². The highest BCUT2D eigenvalue weighted by Gasteiger charge is 2.20. The van der Waals surface area contributed by atoms with Gasteiger partial charge < -0.3 is 9.79 Å². The zero-order chi connectivity index (χ0) is 11.7. The number of hydrogen-bond donors (Lipinski definition) is 2. The first-order chi connectivity index (χ1) is 6.99. The van der Waals surface area contributed by atoms with Crippen molar-refractivity contribution in [1.82, 2.24) is 0 Å². The predicted molar refractivity (Wildman–Crippen MR) is 54.0 cm³/mol. The molecule has 0 aliphatic carbocycles. The number of rotatable bonds is 8. The molecule has 0 saturated carbocycles. The van der Waals surface area contributed by atoms with Crippen molar-refractivity contribution in [2.45, 2.75) is 38.7 Å². The molecule has 88 valence electrons. The summed E-state index contributed by atoms with van der Waals surface area (Å²) >= 11 is 0. The van der Waals surface area contributed by atoms with Crippen LogP contribution in [0.1, 0.15) is 32.6 Å². The van der Waals surface area contributed by atoms with E-state index in [1.807, 2.05) is 0 Å². The Bertz CT molecular complexity index is 258. The van der Waals surface area contributed by atoms with E-state index in [0.717, 1.165) is 0 Å². The second kappa shape index (κ2) is 7.74. The average Bonchev–Trinajstić information content (AvgIpc) is 2.14. The fourth-order valence-corrected chi connectivity index (χ4v) is 1.78. The Morgan fingerprint density at radius 1 is 1.47 bits per heavy atom. The second-order valence-corrected chi connectivity index (χ2v) is 4.29. The van der Waals surface area contributed by atoms with E-state index < -0.39 is 13.9 Å². The van der Waals surface area contributed by atoms with Gasteiger partial charge in [-0.3, -0.25) is 4.52 Å². The van der Waals surface area contributed by atoms with Gasteiger partial charge >= 0.3 is 7.82 Å². The van der Waals surface area contributed by atoms with Crippen LogP contribution >= 0.6 is 7.82 Å². The lowest BCUT2D eigenvalue weighted by atomic mass is 10.1. The van der Waals surface area contributed by atoms with E-state index in [9.17, 15) is 9.36 Å². The van der Waals surface area contributed by atoms with Crippen LogP contribution in [0.15, 0.2) is 4.99 Å².